The zero-order chi connectivity index (χ0) is 10.2. The molecule has 0 heterocycles. The number of halogens is 2. The van der Waals surface area contributed by atoms with Crippen LogP contribution in [0.2, 0.25) is 0 Å². The predicted molar refractivity (Wildman–Crippen MR) is 85.7 cm³/mol. The van der Waals surface area contributed by atoms with E-state index in [2.05, 4.69) is 41.5 Å². The van der Waals surface area contributed by atoms with Crippen LogP contribution in [0.25, 0.3) is 0 Å². The van der Waals surface area contributed by atoms with E-state index in [0.717, 1.165) is 0 Å². The zero-order valence-electron chi connectivity index (χ0n) is 10.2. The van der Waals surface area contributed by atoms with E-state index < -0.39 is 0 Å². The first-order valence-electron chi connectivity index (χ1n) is 4.55. The summed E-state index contributed by atoms with van der Waals surface area (Å²) in [5.41, 5.74) is 11.8. The van der Waals surface area contributed by atoms with Crippen LogP contribution in [0.5, 0.6) is 0 Å². The first-order chi connectivity index (χ1) is 5.06. The van der Waals surface area contributed by atoms with Crippen molar-refractivity contribution >= 4 is 48.0 Å². The molecule has 0 saturated heterocycles. The fourth-order valence-electron chi connectivity index (χ4n) is 1.13. The molecular weight excluding hydrogens is 402 g/mol. The van der Waals surface area contributed by atoms with E-state index in [4.69, 9.17) is 11.5 Å². The van der Waals surface area contributed by atoms with Gasteiger partial charge in [0, 0.05) is 5.54 Å². The Morgan fingerprint density at radius 3 is 1.21 bits per heavy atom. The second-order valence-electron chi connectivity index (χ2n) is 5.43. The fraction of sp³-hybridized carbons (Fsp3) is 1.00. The van der Waals surface area contributed by atoms with Gasteiger partial charge in [-0.15, -0.1) is 48.0 Å². The molecule has 0 bridgehead atoms. The highest BCUT2D eigenvalue weighted by Gasteiger charge is 2.44. The minimum atomic E-state index is -0.199. The third-order valence-electron chi connectivity index (χ3n) is 3.81. The molecule has 14 heavy (non-hydrogen) atoms. The van der Waals surface area contributed by atoms with Crippen LogP contribution in [0.15, 0.2) is 0 Å². The Labute approximate surface area is 123 Å². The molecule has 0 aromatic rings. The summed E-state index contributed by atoms with van der Waals surface area (Å²) in [5.74, 6) is 0. The van der Waals surface area contributed by atoms with Gasteiger partial charge in [0.25, 0.3) is 0 Å². The summed E-state index contributed by atoms with van der Waals surface area (Å²) in [5, 5.41) is 0. The maximum absolute atomic E-state index is 6.12. The van der Waals surface area contributed by atoms with Gasteiger partial charge in [-0.2, -0.15) is 0 Å². The average molecular weight is 428 g/mol. The van der Waals surface area contributed by atoms with Gasteiger partial charge in [-0.05, 0) is 31.2 Å². The van der Waals surface area contributed by atoms with Gasteiger partial charge >= 0.3 is 0 Å². The summed E-state index contributed by atoms with van der Waals surface area (Å²) >= 11 is 0. The Balaban J connectivity index is -0.000000605. The fourth-order valence-corrected chi connectivity index (χ4v) is 1.13. The van der Waals surface area contributed by atoms with Crippen LogP contribution in [0, 0.1) is 10.8 Å². The second kappa shape index (κ2) is 6.20. The zero-order valence-corrected chi connectivity index (χ0v) is 14.8. The molecule has 0 saturated carbocycles. The van der Waals surface area contributed by atoms with Crippen molar-refractivity contribution in [2.75, 3.05) is 6.54 Å². The number of rotatable bonds is 3. The van der Waals surface area contributed by atoms with Crippen molar-refractivity contribution in [3.63, 3.8) is 0 Å². The van der Waals surface area contributed by atoms with Gasteiger partial charge in [-0.25, -0.2) is 0 Å². The van der Waals surface area contributed by atoms with Crippen LogP contribution in [0.3, 0.4) is 0 Å². The van der Waals surface area contributed by atoms with Crippen LogP contribution in [-0.4, -0.2) is 12.1 Å². The smallest absolute Gasteiger partial charge is 0.0154 e. The molecule has 0 aliphatic carbocycles. The molecule has 0 spiro atoms. The molecule has 0 aromatic carbocycles. The van der Waals surface area contributed by atoms with E-state index in [0.29, 0.717) is 6.54 Å². The summed E-state index contributed by atoms with van der Waals surface area (Å²) in [7, 11) is 0. The van der Waals surface area contributed by atoms with Gasteiger partial charge in [-0.3, -0.25) is 0 Å². The monoisotopic (exact) mass is 428 g/mol. The highest BCUT2D eigenvalue weighted by molar-refractivity contribution is 14.0. The molecule has 0 aliphatic rings. The van der Waals surface area contributed by atoms with Crippen LogP contribution in [0.1, 0.15) is 41.5 Å². The van der Waals surface area contributed by atoms with E-state index in [1.165, 1.54) is 0 Å². The quantitative estimate of drug-likeness (QED) is 0.680. The van der Waals surface area contributed by atoms with E-state index in [9.17, 15) is 0 Å². The molecule has 0 radical (unpaired) electrons. The van der Waals surface area contributed by atoms with Gasteiger partial charge in [0.1, 0.15) is 0 Å². The van der Waals surface area contributed by atoms with Gasteiger partial charge < -0.3 is 11.5 Å². The minimum absolute atomic E-state index is 0. The Morgan fingerprint density at radius 2 is 1.14 bits per heavy atom. The summed E-state index contributed by atoms with van der Waals surface area (Å²) in [4.78, 5) is 0. The van der Waals surface area contributed by atoms with Gasteiger partial charge in [-0.1, -0.05) is 27.7 Å². The maximum Gasteiger partial charge on any atom is 0.0154 e. The Kier molecular flexibility index (Phi) is 9.19. The molecule has 2 nitrogen and oxygen atoms in total. The predicted octanol–water partition coefficient (Wildman–Crippen LogP) is 2.97. The first-order valence-corrected chi connectivity index (χ1v) is 4.55. The molecule has 0 rings (SSSR count). The second-order valence-corrected chi connectivity index (χ2v) is 5.43. The van der Waals surface area contributed by atoms with Gasteiger partial charge in [0.05, 0.1) is 0 Å². The van der Waals surface area contributed by atoms with E-state index in [1.54, 1.807) is 0 Å². The van der Waals surface area contributed by atoms with E-state index >= 15 is 0 Å². The summed E-state index contributed by atoms with van der Waals surface area (Å²) in [6.45, 7) is 13.5. The van der Waals surface area contributed by atoms with Gasteiger partial charge in [0.2, 0.25) is 0 Å². The van der Waals surface area contributed by atoms with Crippen LogP contribution in [0.4, 0.5) is 0 Å². The topological polar surface area (TPSA) is 52.0 Å². The number of hydrogen-bond acceptors (Lipinski definition) is 2. The standard InChI is InChI=1S/C10H24N2.2HI/c1-8(2,7-11)9(3,4)10(5,6)12;;/h7,11-12H2,1-6H3;2*1H. The van der Waals surface area contributed by atoms with Crippen molar-refractivity contribution in [2.45, 2.75) is 47.1 Å². The summed E-state index contributed by atoms with van der Waals surface area (Å²) in [6, 6.07) is 0. The van der Waals surface area contributed by atoms with Crippen LogP contribution >= 0.6 is 48.0 Å². The molecule has 0 amide bonds. The maximum atomic E-state index is 6.12. The normalized spacial score (nSPS) is 12.9. The highest BCUT2D eigenvalue weighted by atomic mass is 127. The van der Waals surface area contributed by atoms with E-state index in [1.807, 2.05) is 0 Å². The Hall–Kier alpha value is 1.38. The van der Waals surface area contributed by atoms with Crippen molar-refractivity contribution in [1.82, 2.24) is 0 Å². The summed E-state index contributed by atoms with van der Waals surface area (Å²) in [6.07, 6.45) is 0. The lowest BCUT2D eigenvalue weighted by Gasteiger charge is -2.50. The molecule has 0 fully saturated rings. The van der Waals surface area contributed by atoms with E-state index in [-0.39, 0.29) is 64.3 Å². The molecule has 90 valence electrons. The lowest BCUT2D eigenvalue weighted by Crippen LogP contribution is -2.56. The number of hydrogen-bond donors (Lipinski definition) is 2. The SMILES string of the molecule is CC(C)(N)C(C)(C)C(C)(C)CN.I.I. The largest absolute Gasteiger partial charge is 0.330 e. The lowest BCUT2D eigenvalue weighted by atomic mass is 9.59. The Morgan fingerprint density at radius 1 is 0.857 bits per heavy atom. The van der Waals surface area contributed by atoms with Crippen molar-refractivity contribution < 1.29 is 0 Å². The average Bonchev–Trinajstić information content (AvgIpc) is 1.85. The van der Waals surface area contributed by atoms with Crippen molar-refractivity contribution in [3.8, 4) is 0 Å². The lowest BCUT2D eigenvalue weighted by molar-refractivity contribution is 0.0425. The minimum Gasteiger partial charge on any atom is -0.330 e. The molecule has 4 N–H and O–H groups in total. The molecular formula is C10H26I2N2. The van der Waals surface area contributed by atoms with Gasteiger partial charge in [0.15, 0.2) is 0 Å². The van der Waals surface area contributed by atoms with Crippen LogP contribution in [-0.2, 0) is 0 Å². The third-order valence-corrected chi connectivity index (χ3v) is 3.81. The van der Waals surface area contributed by atoms with Crippen LogP contribution < -0.4 is 11.5 Å². The third kappa shape index (κ3) is 4.09. The number of nitrogens with two attached hydrogens (primary N) is 2. The molecule has 0 aliphatic heterocycles. The van der Waals surface area contributed by atoms with Crippen molar-refractivity contribution in [1.29, 1.82) is 0 Å². The first kappa shape index (κ1) is 20.8. The van der Waals surface area contributed by atoms with Crippen molar-refractivity contribution in [3.05, 3.63) is 0 Å². The molecule has 4 heteroatoms. The summed E-state index contributed by atoms with van der Waals surface area (Å²) < 4.78 is 0. The molecule has 0 atom stereocenters. The Bertz CT molecular complexity index is 160. The molecule has 0 aromatic heterocycles. The molecule has 0 unspecified atom stereocenters. The highest BCUT2D eigenvalue weighted by Crippen LogP contribution is 2.44. The van der Waals surface area contributed by atoms with Crippen molar-refractivity contribution in [2.24, 2.45) is 22.3 Å².